The fraction of sp³-hybridized carbons (Fsp3) is 0.588. The van der Waals surface area contributed by atoms with Crippen LogP contribution in [0, 0.1) is 13.8 Å². The summed E-state index contributed by atoms with van der Waals surface area (Å²) in [5.41, 5.74) is 2.15. The smallest absolute Gasteiger partial charge is 0.344 e. The van der Waals surface area contributed by atoms with Gasteiger partial charge in [0, 0.05) is 6.54 Å². The maximum atomic E-state index is 12.1. The molecule has 0 fully saturated rings. The van der Waals surface area contributed by atoms with Crippen LogP contribution in [0.15, 0.2) is 16.2 Å². The van der Waals surface area contributed by atoms with Crippen molar-refractivity contribution in [1.29, 1.82) is 0 Å². The predicted octanol–water partition coefficient (Wildman–Crippen LogP) is 2.84. The molecule has 0 spiro atoms. The third kappa shape index (κ3) is 4.68. The summed E-state index contributed by atoms with van der Waals surface area (Å²) in [5, 5.41) is 6.52. The largest absolute Gasteiger partial charge is 0.449 e. The van der Waals surface area contributed by atoms with E-state index in [-0.39, 0.29) is 11.5 Å². The number of carbonyl (C=O) groups excluding carboxylic acids is 2. The lowest BCUT2D eigenvalue weighted by atomic mass is 9.97. The quantitative estimate of drug-likeness (QED) is 0.644. The average Bonchev–Trinajstić information content (AvgIpc) is 2.87. The number of rotatable bonds is 6. The minimum Gasteiger partial charge on any atom is -0.449 e. The van der Waals surface area contributed by atoms with Gasteiger partial charge in [-0.25, -0.2) is 4.79 Å². The van der Waals surface area contributed by atoms with Crippen molar-refractivity contribution in [3.8, 4) is 0 Å². The molecule has 6 heteroatoms. The number of amides is 1. The molecule has 0 radical (unpaired) electrons. The van der Waals surface area contributed by atoms with Gasteiger partial charge in [-0.05, 0) is 52.9 Å². The van der Waals surface area contributed by atoms with E-state index in [0.717, 1.165) is 19.3 Å². The summed E-state index contributed by atoms with van der Waals surface area (Å²) in [4.78, 5) is 24.1. The molecule has 0 aliphatic heterocycles. The highest BCUT2D eigenvalue weighted by Crippen LogP contribution is 2.19. The average molecular weight is 320 g/mol. The summed E-state index contributed by atoms with van der Waals surface area (Å²) in [6, 6.07) is 0. The molecule has 23 heavy (non-hydrogen) atoms. The molecule has 1 aliphatic rings. The topological polar surface area (TPSA) is 81.4 Å². The molecule has 1 N–H and O–H groups in total. The van der Waals surface area contributed by atoms with Gasteiger partial charge in [-0.1, -0.05) is 16.8 Å². The molecule has 1 aromatic rings. The first kappa shape index (κ1) is 17.2. The molecule has 0 saturated heterocycles. The number of aromatic nitrogens is 1. The van der Waals surface area contributed by atoms with Crippen LogP contribution in [-0.4, -0.2) is 29.7 Å². The molecule has 2 rings (SSSR count). The van der Waals surface area contributed by atoms with Crippen molar-refractivity contribution in [2.45, 2.75) is 59.0 Å². The maximum Gasteiger partial charge on any atom is 0.344 e. The van der Waals surface area contributed by atoms with Crippen molar-refractivity contribution in [1.82, 2.24) is 10.5 Å². The molecular formula is C17H24N2O4. The molecular weight excluding hydrogens is 296 g/mol. The Kier molecular flexibility index (Phi) is 5.96. The summed E-state index contributed by atoms with van der Waals surface area (Å²) in [7, 11) is 0. The van der Waals surface area contributed by atoms with Gasteiger partial charge >= 0.3 is 5.97 Å². The van der Waals surface area contributed by atoms with E-state index >= 15 is 0 Å². The van der Waals surface area contributed by atoms with Crippen LogP contribution in [0.3, 0.4) is 0 Å². The Bertz CT molecular complexity index is 584. The summed E-state index contributed by atoms with van der Waals surface area (Å²) < 4.78 is 10.1. The van der Waals surface area contributed by atoms with Crippen molar-refractivity contribution in [3.63, 3.8) is 0 Å². The molecule has 0 aromatic carbocycles. The minimum atomic E-state index is -0.850. The maximum absolute atomic E-state index is 12.1. The van der Waals surface area contributed by atoms with Crippen LogP contribution >= 0.6 is 0 Å². The Morgan fingerprint density at radius 3 is 2.78 bits per heavy atom. The van der Waals surface area contributed by atoms with E-state index in [1.165, 1.54) is 18.4 Å². The number of hydrogen-bond acceptors (Lipinski definition) is 5. The zero-order chi connectivity index (χ0) is 16.8. The van der Waals surface area contributed by atoms with Gasteiger partial charge in [0.05, 0.1) is 5.69 Å². The first-order chi connectivity index (χ1) is 11.0. The van der Waals surface area contributed by atoms with E-state index < -0.39 is 12.1 Å². The zero-order valence-electron chi connectivity index (χ0n) is 14.0. The van der Waals surface area contributed by atoms with Gasteiger partial charge in [0.1, 0.15) is 11.3 Å². The number of hydrogen-bond donors (Lipinski definition) is 1. The van der Waals surface area contributed by atoms with Crippen LogP contribution in [0.25, 0.3) is 0 Å². The highest BCUT2D eigenvalue weighted by atomic mass is 16.5. The molecule has 1 atom stereocenters. The molecule has 6 nitrogen and oxygen atoms in total. The van der Waals surface area contributed by atoms with Gasteiger partial charge in [-0.3, -0.25) is 4.79 Å². The Labute approximate surface area is 136 Å². The van der Waals surface area contributed by atoms with E-state index in [0.29, 0.717) is 18.0 Å². The van der Waals surface area contributed by atoms with Gasteiger partial charge in [-0.15, -0.1) is 0 Å². The number of aryl methyl sites for hydroxylation is 2. The standard InChI is InChI=1S/C17H24N2O4/c1-11-15(12(2)23-19-11)17(21)22-13(3)16(20)18-10-9-14-7-5-4-6-8-14/h7,13H,4-6,8-10H2,1-3H3,(H,18,20)/t13-/m0/s1. The van der Waals surface area contributed by atoms with Crippen LogP contribution in [0.5, 0.6) is 0 Å². The van der Waals surface area contributed by atoms with Crippen LogP contribution in [-0.2, 0) is 9.53 Å². The number of nitrogens with zero attached hydrogens (tertiary/aromatic N) is 1. The molecule has 1 aromatic heterocycles. The molecule has 0 saturated carbocycles. The fourth-order valence-electron chi connectivity index (χ4n) is 2.67. The lowest BCUT2D eigenvalue weighted by molar-refractivity contribution is -0.129. The Morgan fingerprint density at radius 1 is 1.39 bits per heavy atom. The monoisotopic (exact) mass is 320 g/mol. The molecule has 1 heterocycles. The van der Waals surface area contributed by atoms with Gasteiger partial charge in [-0.2, -0.15) is 0 Å². The zero-order valence-corrected chi connectivity index (χ0v) is 14.0. The predicted molar refractivity (Wildman–Crippen MR) is 85.0 cm³/mol. The lowest BCUT2D eigenvalue weighted by Gasteiger charge is -2.15. The second-order valence-electron chi connectivity index (χ2n) is 5.90. The number of ether oxygens (including phenoxy) is 1. The second-order valence-corrected chi connectivity index (χ2v) is 5.90. The van der Waals surface area contributed by atoms with Crippen LogP contribution in [0.4, 0.5) is 0 Å². The van der Waals surface area contributed by atoms with Gasteiger partial charge in [0.2, 0.25) is 0 Å². The van der Waals surface area contributed by atoms with Gasteiger partial charge < -0.3 is 14.6 Å². The van der Waals surface area contributed by atoms with Gasteiger partial charge in [0.25, 0.3) is 5.91 Å². The highest BCUT2D eigenvalue weighted by molar-refractivity contribution is 5.93. The van der Waals surface area contributed by atoms with Crippen molar-refractivity contribution in [3.05, 3.63) is 28.7 Å². The summed E-state index contributed by atoms with van der Waals surface area (Å²) in [6.07, 6.45) is 7.00. The van der Waals surface area contributed by atoms with E-state index in [1.807, 2.05) is 0 Å². The van der Waals surface area contributed by atoms with Crippen LogP contribution in [0.2, 0.25) is 0 Å². The van der Waals surface area contributed by atoms with Gasteiger partial charge in [0.15, 0.2) is 6.10 Å². The first-order valence-electron chi connectivity index (χ1n) is 8.08. The van der Waals surface area contributed by atoms with E-state index in [2.05, 4.69) is 16.5 Å². The second kappa shape index (κ2) is 7.94. The SMILES string of the molecule is Cc1noc(C)c1C(=O)O[C@@H](C)C(=O)NCCC1=CCCCC1. The Morgan fingerprint density at radius 2 is 2.17 bits per heavy atom. The van der Waals surface area contributed by atoms with Crippen LogP contribution < -0.4 is 5.32 Å². The molecule has 1 amide bonds. The third-order valence-electron chi connectivity index (χ3n) is 4.02. The van der Waals surface area contributed by atoms with Crippen molar-refractivity contribution >= 4 is 11.9 Å². The molecule has 0 bridgehead atoms. The Balaban J connectivity index is 1.78. The summed E-state index contributed by atoms with van der Waals surface area (Å²) >= 11 is 0. The number of esters is 1. The molecule has 1 aliphatic carbocycles. The van der Waals surface area contributed by atoms with E-state index in [4.69, 9.17) is 9.26 Å². The highest BCUT2D eigenvalue weighted by Gasteiger charge is 2.24. The number of carbonyl (C=O) groups is 2. The fourth-order valence-corrected chi connectivity index (χ4v) is 2.67. The van der Waals surface area contributed by atoms with Crippen LogP contribution in [0.1, 0.15) is 60.8 Å². The third-order valence-corrected chi connectivity index (χ3v) is 4.02. The van der Waals surface area contributed by atoms with Crippen molar-refractivity contribution in [2.24, 2.45) is 0 Å². The minimum absolute atomic E-state index is 0.289. The lowest BCUT2D eigenvalue weighted by Crippen LogP contribution is -2.36. The van der Waals surface area contributed by atoms with E-state index in [1.54, 1.807) is 20.8 Å². The van der Waals surface area contributed by atoms with E-state index in [9.17, 15) is 9.59 Å². The van der Waals surface area contributed by atoms with Crippen molar-refractivity contribution < 1.29 is 18.8 Å². The normalized spacial score (nSPS) is 15.7. The molecule has 0 unspecified atom stereocenters. The molecule has 126 valence electrons. The van der Waals surface area contributed by atoms with Crippen molar-refractivity contribution in [2.75, 3.05) is 6.54 Å². The number of allylic oxidation sites excluding steroid dienone is 1. The Hall–Kier alpha value is -2.11. The summed E-state index contributed by atoms with van der Waals surface area (Å²) in [5.74, 6) is -0.482. The summed E-state index contributed by atoms with van der Waals surface area (Å²) in [6.45, 7) is 5.43. The first-order valence-corrected chi connectivity index (χ1v) is 8.08. The number of nitrogens with one attached hydrogen (secondary N) is 1.